The fraction of sp³-hybridized carbons (Fsp3) is 0.500. The zero-order chi connectivity index (χ0) is 17.6. The van der Waals surface area contributed by atoms with Gasteiger partial charge in [0.2, 0.25) is 0 Å². The van der Waals surface area contributed by atoms with Crippen LogP contribution in [0.15, 0.2) is 54.6 Å². The number of rotatable bonds is 5. The van der Waals surface area contributed by atoms with Crippen LogP contribution in [-0.2, 0) is 6.54 Å². The summed E-state index contributed by atoms with van der Waals surface area (Å²) >= 11 is 0. The highest BCUT2D eigenvalue weighted by atomic mass is 15.1. The van der Waals surface area contributed by atoms with E-state index in [2.05, 4.69) is 64.8 Å². The summed E-state index contributed by atoms with van der Waals surface area (Å²) in [6, 6.07) is 20.8. The van der Waals surface area contributed by atoms with E-state index in [1.54, 1.807) is 5.56 Å². The molecule has 2 aliphatic rings. The van der Waals surface area contributed by atoms with Crippen molar-refractivity contribution >= 4 is 5.69 Å². The van der Waals surface area contributed by atoms with E-state index >= 15 is 0 Å². The highest BCUT2D eigenvalue weighted by Gasteiger charge is 2.19. The maximum atomic E-state index is 3.77. The maximum absolute atomic E-state index is 3.77. The Balaban J connectivity index is 1.25. The first-order valence-electron chi connectivity index (χ1n) is 10.5. The van der Waals surface area contributed by atoms with Crippen molar-refractivity contribution in [2.75, 3.05) is 18.4 Å². The molecule has 0 aromatic heterocycles. The third-order valence-electron chi connectivity index (χ3n) is 6.19. The summed E-state index contributed by atoms with van der Waals surface area (Å²) in [5.74, 6) is 0.805. The second kappa shape index (κ2) is 8.73. The number of benzene rings is 2. The van der Waals surface area contributed by atoms with Gasteiger partial charge in [-0.25, -0.2) is 0 Å². The first-order chi connectivity index (χ1) is 12.9. The van der Waals surface area contributed by atoms with Crippen LogP contribution in [0.1, 0.15) is 62.0 Å². The number of nitrogens with one attached hydrogen (secondary N) is 1. The van der Waals surface area contributed by atoms with Crippen molar-refractivity contribution in [1.29, 1.82) is 0 Å². The van der Waals surface area contributed by atoms with E-state index in [9.17, 15) is 0 Å². The van der Waals surface area contributed by atoms with Crippen molar-refractivity contribution in [1.82, 2.24) is 4.90 Å². The van der Waals surface area contributed by atoms with Crippen molar-refractivity contribution < 1.29 is 0 Å². The van der Waals surface area contributed by atoms with Crippen LogP contribution >= 0.6 is 0 Å². The SMILES string of the molecule is c1ccc(CN2CCC(Nc3ccc(C4CCCCC4)cc3)CC2)cc1. The smallest absolute Gasteiger partial charge is 0.0342 e. The van der Waals surface area contributed by atoms with Gasteiger partial charge in [0.1, 0.15) is 0 Å². The largest absolute Gasteiger partial charge is 0.382 e. The molecule has 1 aliphatic heterocycles. The van der Waals surface area contributed by atoms with Crippen LogP contribution in [0.25, 0.3) is 0 Å². The minimum Gasteiger partial charge on any atom is -0.382 e. The molecule has 1 N–H and O–H groups in total. The fourth-order valence-corrected chi connectivity index (χ4v) is 4.60. The van der Waals surface area contributed by atoms with Gasteiger partial charge in [-0.05, 0) is 54.9 Å². The van der Waals surface area contributed by atoms with Crippen LogP contribution in [0.4, 0.5) is 5.69 Å². The Bertz CT molecular complexity index is 650. The molecule has 1 aliphatic carbocycles. The molecule has 0 atom stereocenters. The topological polar surface area (TPSA) is 15.3 Å². The first kappa shape index (κ1) is 17.6. The molecule has 138 valence electrons. The standard InChI is InChI=1S/C24H32N2/c1-3-7-20(8-4-1)19-26-17-15-24(16-18-26)25-23-13-11-22(12-14-23)21-9-5-2-6-10-21/h1,3-4,7-8,11-14,21,24-25H,2,5-6,9-10,15-19H2. The van der Waals surface area contributed by atoms with Crippen LogP contribution in [0.3, 0.4) is 0 Å². The lowest BCUT2D eigenvalue weighted by molar-refractivity contribution is 0.211. The normalized spacial score (nSPS) is 20.2. The molecule has 26 heavy (non-hydrogen) atoms. The second-order valence-corrected chi connectivity index (χ2v) is 8.14. The number of hydrogen-bond donors (Lipinski definition) is 1. The molecule has 1 heterocycles. The van der Waals surface area contributed by atoms with Crippen LogP contribution in [-0.4, -0.2) is 24.0 Å². The average Bonchev–Trinajstić information content (AvgIpc) is 2.72. The molecule has 0 unspecified atom stereocenters. The van der Waals surface area contributed by atoms with E-state index in [1.165, 1.54) is 69.3 Å². The van der Waals surface area contributed by atoms with Gasteiger partial charge in [-0.2, -0.15) is 0 Å². The summed E-state index contributed by atoms with van der Waals surface area (Å²) in [6.45, 7) is 3.46. The highest BCUT2D eigenvalue weighted by molar-refractivity contribution is 5.46. The van der Waals surface area contributed by atoms with Gasteiger partial charge in [-0.3, -0.25) is 4.90 Å². The van der Waals surface area contributed by atoms with Crippen LogP contribution < -0.4 is 5.32 Å². The number of likely N-dealkylation sites (tertiary alicyclic amines) is 1. The number of piperidine rings is 1. The first-order valence-corrected chi connectivity index (χ1v) is 10.5. The van der Waals surface area contributed by atoms with Gasteiger partial charge in [0.15, 0.2) is 0 Å². The molecule has 0 spiro atoms. The van der Waals surface area contributed by atoms with Gasteiger partial charge in [-0.1, -0.05) is 61.7 Å². The molecule has 4 rings (SSSR count). The molecule has 1 saturated heterocycles. The van der Waals surface area contributed by atoms with Crippen molar-refractivity contribution in [3.63, 3.8) is 0 Å². The summed E-state index contributed by atoms with van der Waals surface area (Å²) in [7, 11) is 0. The van der Waals surface area contributed by atoms with E-state index < -0.39 is 0 Å². The Morgan fingerprint density at radius 1 is 0.769 bits per heavy atom. The van der Waals surface area contributed by atoms with Gasteiger partial charge in [0.25, 0.3) is 0 Å². The summed E-state index contributed by atoms with van der Waals surface area (Å²) < 4.78 is 0. The molecule has 1 saturated carbocycles. The minimum absolute atomic E-state index is 0.613. The molecule has 2 aromatic rings. The number of nitrogens with zero attached hydrogens (tertiary/aromatic N) is 1. The van der Waals surface area contributed by atoms with Gasteiger partial charge in [-0.15, -0.1) is 0 Å². The van der Waals surface area contributed by atoms with E-state index in [1.807, 2.05) is 0 Å². The third kappa shape index (κ3) is 4.67. The lowest BCUT2D eigenvalue weighted by Gasteiger charge is -2.33. The van der Waals surface area contributed by atoms with Gasteiger partial charge >= 0.3 is 0 Å². The quantitative estimate of drug-likeness (QED) is 0.733. The van der Waals surface area contributed by atoms with Crippen molar-refractivity contribution in [3.05, 3.63) is 65.7 Å². The predicted molar refractivity (Wildman–Crippen MR) is 111 cm³/mol. The summed E-state index contributed by atoms with van der Waals surface area (Å²) in [5.41, 5.74) is 4.27. The Morgan fingerprint density at radius 3 is 2.15 bits per heavy atom. The highest BCUT2D eigenvalue weighted by Crippen LogP contribution is 2.33. The van der Waals surface area contributed by atoms with E-state index in [-0.39, 0.29) is 0 Å². The monoisotopic (exact) mass is 348 g/mol. The summed E-state index contributed by atoms with van der Waals surface area (Å²) in [5, 5.41) is 3.77. The van der Waals surface area contributed by atoms with E-state index in [0.717, 1.165) is 12.5 Å². The van der Waals surface area contributed by atoms with Crippen molar-refractivity contribution in [3.8, 4) is 0 Å². The molecule has 0 amide bonds. The summed E-state index contributed by atoms with van der Waals surface area (Å²) in [4.78, 5) is 2.58. The van der Waals surface area contributed by atoms with Gasteiger partial charge < -0.3 is 5.32 Å². The van der Waals surface area contributed by atoms with Crippen LogP contribution in [0.5, 0.6) is 0 Å². The minimum atomic E-state index is 0.613. The molecule has 2 aromatic carbocycles. The van der Waals surface area contributed by atoms with Gasteiger partial charge in [0, 0.05) is 31.4 Å². The molecule has 2 fully saturated rings. The summed E-state index contributed by atoms with van der Waals surface area (Å²) in [6.07, 6.45) is 9.48. The Kier molecular flexibility index (Phi) is 5.91. The van der Waals surface area contributed by atoms with Crippen molar-refractivity contribution in [2.24, 2.45) is 0 Å². The number of anilines is 1. The maximum Gasteiger partial charge on any atom is 0.0342 e. The van der Waals surface area contributed by atoms with Crippen molar-refractivity contribution in [2.45, 2.75) is 63.5 Å². The molecule has 0 radical (unpaired) electrons. The average molecular weight is 349 g/mol. The van der Waals surface area contributed by atoms with Crippen LogP contribution in [0.2, 0.25) is 0 Å². The predicted octanol–water partition coefficient (Wildman–Crippen LogP) is 5.81. The zero-order valence-corrected chi connectivity index (χ0v) is 15.9. The Hall–Kier alpha value is -1.80. The molecule has 2 heteroatoms. The van der Waals surface area contributed by atoms with Gasteiger partial charge in [0.05, 0.1) is 0 Å². The lowest BCUT2D eigenvalue weighted by Crippen LogP contribution is -2.38. The third-order valence-corrected chi connectivity index (χ3v) is 6.19. The molecular weight excluding hydrogens is 316 g/mol. The molecule has 2 nitrogen and oxygen atoms in total. The van der Waals surface area contributed by atoms with E-state index in [4.69, 9.17) is 0 Å². The second-order valence-electron chi connectivity index (χ2n) is 8.14. The van der Waals surface area contributed by atoms with E-state index in [0.29, 0.717) is 6.04 Å². The molecule has 0 bridgehead atoms. The number of hydrogen-bond acceptors (Lipinski definition) is 2. The van der Waals surface area contributed by atoms with Crippen LogP contribution in [0, 0.1) is 0 Å². The Morgan fingerprint density at radius 2 is 1.46 bits per heavy atom. The lowest BCUT2D eigenvalue weighted by atomic mass is 9.84. The zero-order valence-electron chi connectivity index (χ0n) is 15.9. The Labute approximate surface area is 158 Å². The fourth-order valence-electron chi connectivity index (χ4n) is 4.60. The molecular formula is C24H32N2.